The van der Waals surface area contributed by atoms with E-state index in [0.717, 1.165) is 16.6 Å². The van der Waals surface area contributed by atoms with Crippen LogP contribution in [0, 0.1) is 0 Å². The van der Waals surface area contributed by atoms with Crippen molar-refractivity contribution in [2.45, 2.75) is 30.1 Å². The second-order valence-electron chi connectivity index (χ2n) is 4.09. The molecule has 0 saturated carbocycles. The Labute approximate surface area is 122 Å². The first-order valence-corrected chi connectivity index (χ1v) is 7.72. The van der Waals surface area contributed by atoms with Gasteiger partial charge in [-0.15, -0.1) is 16.4 Å². The maximum absolute atomic E-state index is 11.7. The molecule has 20 heavy (non-hydrogen) atoms. The van der Waals surface area contributed by atoms with E-state index in [-0.39, 0.29) is 11.6 Å². The lowest BCUT2D eigenvalue weighted by atomic mass is 10.4. The van der Waals surface area contributed by atoms with Crippen LogP contribution in [-0.4, -0.2) is 24.7 Å². The summed E-state index contributed by atoms with van der Waals surface area (Å²) in [6.45, 7) is 2.62. The smallest absolute Gasteiger partial charge is 0.343 e. The number of nitrogens with two attached hydrogens (primary N) is 1. The van der Waals surface area contributed by atoms with Gasteiger partial charge in [-0.1, -0.05) is 6.92 Å². The number of hydrogen-bond donors (Lipinski definition) is 2. The SMILES string of the molecule is CCCn1c(Sc2nc(N)nc3sccc23)n[nH]c1=O. The molecule has 0 saturated heterocycles. The van der Waals surface area contributed by atoms with Gasteiger partial charge in [-0.25, -0.2) is 19.9 Å². The highest BCUT2D eigenvalue weighted by molar-refractivity contribution is 7.99. The zero-order valence-corrected chi connectivity index (χ0v) is 12.3. The van der Waals surface area contributed by atoms with Gasteiger partial charge in [0.2, 0.25) is 5.95 Å². The van der Waals surface area contributed by atoms with Crippen LogP contribution in [0.1, 0.15) is 13.3 Å². The minimum absolute atomic E-state index is 0.210. The summed E-state index contributed by atoms with van der Waals surface area (Å²) in [5.74, 6) is 0.224. The zero-order chi connectivity index (χ0) is 14.1. The second-order valence-corrected chi connectivity index (χ2v) is 5.94. The molecule has 0 spiro atoms. The topological polar surface area (TPSA) is 102 Å². The van der Waals surface area contributed by atoms with Gasteiger partial charge in [-0.2, -0.15) is 0 Å². The van der Waals surface area contributed by atoms with E-state index in [4.69, 9.17) is 5.73 Å². The summed E-state index contributed by atoms with van der Waals surface area (Å²) in [5, 5.41) is 10.7. The van der Waals surface area contributed by atoms with Crippen LogP contribution in [0.3, 0.4) is 0 Å². The van der Waals surface area contributed by atoms with Gasteiger partial charge in [0.25, 0.3) is 0 Å². The maximum atomic E-state index is 11.7. The Bertz CT molecular complexity index is 805. The van der Waals surface area contributed by atoms with E-state index in [9.17, 15) is 4.79 Å². The maximum Gasteiger partial charge on any atom is 0.343 e. The molecule has 0 aliphatic rings. The molecule has 3 aromatic rings. The fourth-order valence-electron chi connectivity index (χ4n) is 1.81. The number of fused-ring (bicyclic) bond motifs is 1. The van der Waals surface area contributed by atoms with E-state index in [1.54, 1.807) is 4.57 Å². The fraction of sp³-hybridized carbons (Fsp3) is 0.273. The molecule has 0 radical (unpaired) electrons. The molecule has 3 N–H and O–H groups in total. The van der Waals surface area contributed by atoms with Crippen LogP contribution in [-0.2, 0) is 6.54 Å². The molecular weight excluding hydrogens is 296 g/mol. The summed E-state index contributed by atoms with van der Waals surface area (Å²) < 4.78 is 1.60. The third-order valence-corrected chi connectivity index (χ3v) is 4.47. The number of H-pyrrole nitrogens is 1. The number of aromatic amines is 1. The van der Waals surface area contributed by atoms with Crippen LogP contribution >= 0.6 is 23.1 Å². The number of anilines is 1. The van der Waals surface area contributed by atoms with Gasteiger partial charge in [-0.05, 0) is 29.6 Å². The van der Waals surface area contributed by atoms with Crippen molar-refractivity contribution in [1.29, 1.82) is 0 Å². The third-order valence-electron chi connectivity index (χ3n) is 2.67. The molecule has 0 aliphatic carbocycles. The van der Waals surface area contributed by atoms with Gasteiger partial charge in [0.1, 0.15) is 9.86 Å². The van der Waals surface area contributed by atoms with Crippen molar-refractivity contribution in [3.8, 4) is 0 Å². The molecule has 104 valence electrons. The highest BCUT2D eigenvalue weighted by atomic mass is 32.2. The molecule has 0 aliphatic heterocycles. The van der Waals surface area contributed by atoms with E-state index in [1.807, 2.05) is 18.4 Å². The van der Waals surface area contributed by atoms with Gasteiger partial charge in [0.15, 0.2) is 5.16 Å². The van der Waals surface area contributed by atoms with Gasteiger partial charge < -0.3 is 5.73 Å². The van der Waals surface area contributed by atoms with Gasteiger partial charge in [-0.3, -0.25) is 4.57 Å². The first kappa shape index (κ1) is 13.1. The lowest BCUT2D eigenvalue weighted by molar-refractivity contribution is 0.603. The molecule has 3 rings (SSSR count). The highest BCUT2D eigenvalue weighted by Gasteiger charge is 2.14. The Morgan fingerprint density at radius 1 is 1.50 bits per heavy atom. The van der Waals surface area contributed by atoms with Crippen molar-refractivity contribution < 1.29 is 0 Å². The van der Waals surface area contributed by atoms with Gasteiger partial charge >= 0.3 is 5.69 Å². The van der Waals surface area contributed by atoms with Crippen LogP contribution in [0.2, 0.25) is 0 Å². The monoisotopic (exact) mass is 308 g/mol. The zero-order valence-electron chi connectivity index (χ0n) is 10.7. The number of thiophene rings is 1. The molecule has 0 unspecified atom stereocenters. The Morgan fingerprint density at radius 2 is 2.35 bits per heavy atom. The quantitative estimate of drug-likeness (QED) is 0.711. The Kier molecular flexibility index (Phi) is 3.45. The number of nitrogens with one attached hydrogen (secondary N) is 1. The largest absolute Gasteiger partial charge is 0.368 e. The number of hydrogen-bond acceptors (Lipinski definition) is 7. The van der Waals surface area contributed by atoms with Crippen molar-refractivity contribution in [1.82, 2.24) is 24.7 Å². The van der Waals surface area contributed by atoms with Crippen molar-refractivity contribution >= 4 is 39.3 Å². The summed E-state index contributed by atoms with van der Waals surface area (Å²) in [7, 11) is 0. The predicted octanol–water partition coefficient (Wildman–Crippen LogP) is 1.72. The predicted molar refractivity (Wildman–Crippen MR) is 79.1 cm³/mol. The lowest BCUT2D eigenvalue weighted by Gasteiger charge is -2.04. The number of rotatable bonds is 4. The number of aromatic nitrogens is 5. The van der Waals surface area contributed by atoms with Crippen LogP contribution in [0.15, 0.2) is 26.4 Å². The molecule has 9 heteroatoms. The first-order chi connectivity index (χ1) is 9.69. The Hall–Kier alpha value is -1.87. The summed E-state index contributed by atoms with van der Waals surface area (Å²) >= 11 is 2.82. The van der Waals surface area contributed by atoms with Crippen molar-refractivity contribution in [3.63, 3.8) is 0 Å². The summed E-state index contributed by atoms with van der Waals surface area (Å²) in [5.41, 5.74) is 5.50. The first-order valence-electron chi connectivity index (χ1n) is 6.03. The van der Waals surface area contributed by atoms with Crippen LogP contribution < -0.4 is 11.4 Å². The van der Waals surface area contributed by atoms with Crippen LogP contribution in [0.25, 0.3) is 10.2 Å². The van der Waals surface area contributed by atoms with Crippen molar-refractivity contribution in [3.05, 3.63) is 21.9 Å². The molecule has 0 atom stereocenters. The van der Waals surface area contributed by atoms with Gasteiger partial charge in [0.05, 0.1) is 0 Å². The molecule has 0 fully saturated rings. The minimum Gasteiger partial charge on any atom is -0.368 e. The van der Waals surface area contributed by atoms with Crippen LogP contribution in [0.5, 0.6) is 0 Å². The molecule has 0 amide bonds. The normalized spacial score (nSPS) is 11.2. The average Bonchev–Trinajstić information content (AvgIpc) is 3.00. The minimum atomic E-state index is -0.210. The van der Waals surface area contributed by atoms with E-state index < -0.39 is 0 Å². The Balaban J connectivity index is 2.05. The summed E-state index contributed by atoms with van der Waals surface area (Å²) in [6, 6.07) is 1.94. The molecule has 0 aromatic carbocycles. The van der Waals surface area contributed by atoms with Crippen molar-refractivity contribution in [2.24, 2.45) is 0 Å². The van der Waals surface area contributed by atoms with E-state index in [1.165, 1.54) is 23.1 Å². The Morgan fingerprint density at radius 3 is 3.15 bits per heavy atom. The average molecular weight is 308 g/mol. The second kappa shape index (κ2) is 5.25. The fourth-order valence-corrected chi connectivity index (χ4v) is 3.61. The number of nitrogens with zero attached hydrogens (tertiary/aromatic N) is 4. The van der Waals surface area contributed by atoms with Crippen molar-refractivity contribution in [2.75, 3.05) is 5.73 Å². The molecular formula is C11H12N6OS2. The van der Waals surface area contributed by atoms with Gasteiger partial charge in [0, 0.05) is 11.9 Å². The molecule has 7 nitrogen and oxygen atoms in total. The molecule has 3 aromatic heterocycles. The summed E-state index contributed by atoms with van der Waals surface area (Å²) in [6.07, 6.45) is 0.854. The van der Waals surface area contributed by atoms with E-state index in [2.05, 4.69) is 20.2 Å². The third kappa shape index (κ3) is 2.29. The van der Waals surface area contributed by atoms with E-state index in [0.29, 0.717) is 16.7 Å². The standard InChI is InChI=1S/C11H12N6OS2/c1-2-4-17-10(18)15-16-11(17)20-8-6-3-5-19-7(6)13-9(12)14-8/h3,5H,2,4H2,1H3,(H,15,18)(H2,12,13,14). The number of nitrogen functional groups attached to an aromatic ring is 1. The van der Waals surface area contributed by atoms with Crippen LogP contribution in [0.4, 0.5) is 5.95 Å². The molecule has 0 bridgehead atoms. The molecule has 3 heterocycles. The lowest BCUT2D eigenvalue weighted by Crippen LogP contribution is -2.17. The van der Waals surface area contributed by atoms with E-state index >= 15 is 0 Å². The summed E-state index contributed by atoms with van der Waals surface area (Å²) in [4.78, 5) is 20.9. The highest BCUT2D eigenvalue weighted by Crippen LogP contribution is 2.32.